The van der Waals surface area contributed by atoms with Crippen LogP contribution in [-0.2, 0) is 22.2 Å². The second-order valence-electron chi connectivity index (χ2n) is 4.24. The van der Waals surface area contributed by atoms with Crippen molar-refractivity contribution in [2.24, 2.45) is 0 Å². The number of hydrogen-bond acceptors (Lipinski definition) is 4. The molecule has 2 rings (SSSR count). The van der Waals surface area contributed by atoms with E-state index >= 15 is 0 Å². The van der Waals surface area contributed by atoms with E-state index in [0.29, 0.717) is 17.1 Å². The van der Waals surface area contributed by atoms with Crippen LogP contribution < -0.4 is 10.5 Å². The first-order chi connectivity index (χ1) is 8.98. The van der Waals surface area contributed by atoms with Crippen LogP contribution in [0.2, 0.25) is 0 Å². The second-order valence-corrected chi connectivity index (χ2v) is 5.96. The normalized spacial score (nSPS) is 11.4. The summed E-state index contributed by atoms with van der Waals surface area (Å²) in [7, 11) is -3.49. The molecule has 0 atom stereocenters. The first-order valence-electron chi connectivity index (χ1n) is 5.87. The Hall–Kier alpha value is -2.02. The highest BCUT2D eigenvalue weighted by atomic mass is 32.2. The molecule has 0 bridgehead atoms. The molecule has 7 heteroatoms. The zero-order valence-electron chi connectivity index (χ0n) is 10.6. The van der Waals surface area contributed by atoms with Crippen molar-refractivity contribution >= 4 is 21.5 Å². The number of aromatic amines is 1. The summed E-state index contributed by atoms with van der Waals surface area (Å²) in [6.45, 7) is 1.96. The smallest absolute Gasteiger partial charge is 0.238 e. The van der Waals surface area contributed by atoms with Gasteiger partial charge in [-0.1, -0.05) is 19.1 Å². The minimum atomic E-state index is -3.49. The Kier molecular flexibility index (Phi) is 3.75. The van der Waals surface area contributed by atoms with Crippen LogP contribution in [0.3, 0.4) is 0 Å². The lowest BCUT2D eigenvalue weighted by Crippen LogP contribution is -2.15. The van der Waals surface area contributed by atoms with E-state index in [4.69, 9.17) is 5.73 Å². The van der Waals surface area contributed by atoms with E-state index in [1.54, 1.807) is 30.3 Å². The van der Waals surface area contributed by atoms with Gasteiger partial charge in [0.05, 0.1) is 5.75 Å². The van der Waals surface area contributed by atoms with Crippen molar-refractivity contribution in [3.05, 3.63) is 41.6 Å². The molecule has 0 spiro atoms. The van der Waals surface area contributed by atoms with Crippen molar-refractivity contribution in [1.29, 1.82) is 0 Å². The fourth-order valence-corrected chi connectivity index (χ4v) is 2.81. The molecule has 1 aromatic carbocycles. The molecule has 0 aliphatic heterocycles. The molecule has 0 saturated heterocycles. The summed E-state index contributed by atoms with van der Waals surface area (Å²) < 4.78 is 26.4. The summed E-state index contributed by atoms with van der Waals surface area (Å²) in [6.07, 6.45) is 0.768. The summed E-state index contributed by atoms with van der Waals surface area (Å²) in [5.41, 5.74) is 7.68. The Morgan fingerprint density at radius 2 is 2.16 bits per heavy atom. The lowest BCUT2D eigenvalue weighted by atomic mass is 10.2. The summed E-state index contributed by atoms with van der Waals surface area (Å²) >= 11 is 0. The minimum Gasteiger partial charge on any atom is -0.399 e. The third kappa shape index (κ3) is 3.72. The van der Waals surface area contributed by atoms with Crippen LogP contribution in [0.15, 0.2) is 30.3 Å². The van der Waals surface area contributed by atoms with Crippen molar-refractivity contribution < 1.29 is 8.42 Å². The van der Waals surface area contributed by atoms with Crippen LogP contribution in [0.1, 0.15) is 18.2 Å². The van der Waals surface area contributed by atoms with Crippen LogP contribution in [0.25, 0.3) is 0 Å². The Morgan fingerprint density at radius 1 is 1.37 bits per heavy atom. The average molecular weight is 280 g/mol. The molecule has 0 saturated carbocycles. The van der Waals surface area contributed by atoms with Gasteiger partial charge in [0, 0.05) is 17.4 Å². The molecule has 2 aromatic rings. The van der Waals surface area contributed by atoms with Crippen LogP contribution in [0.4, 0.5) is 11.5 Å². The summed E-state index contributed by atoms with van der Waals surface area (Å²) in [5, 5.41) is 6.65. The predicted molar refractivity (Wildman–Crippen MR) is 75.1 cm³/mol. The second kappa shape index (κ2) is 5.31. The van der Waals surface area contributed by atoms with Gasteiger partial charge in [0.2, 0.25) is 10.0 Å². The summed E-state index contributed by atoms with van der Waals surface area (Å²) in [5.74, 6) is 0.174. The molecular formula is C12H16N4O2S. The number of nitrogens with zero attached hydrogens (tertiary/aromatic N) is 1. The third-order valence-electron chi connectivity index (χ3n) is 2.58. The van der Waals surface area contributed by atoms with E-state index in [1.807, 2.05) is 6.92 Å². The maximum Gasteiger partial charge on any atom is 0.238 e. The largest absolute Gasteiger partial charge is 0.399 e. The predicted octanol–water partition coefficient (Wildman–Crippen LogP) is 1.50. The average Bonchev–Trinajstić information content (AvgIpc) is 2.75. The molecule has 19 heavy (non-hydrogen) atoms. The lowest BCUT2D eigenvalue weighted by Gasteiger charge is -2.05. The molecule has 1 heterocycles. The number of nitrogen functional groups attached to an aromatic ring is 1. The molecule has 0 unspecified atom stereocenters. The topological polar surface area (TPSA) is 101 Å². The van der Waals surface area contributed by atoms with E-state index in [9.17, 15) is 8.42 Å². The molecule has 0 aliphatic carbocycles. The fourth-order valence-electron chi connectivity index (χ4n) is 1.69. The van der Waals surface area contributed by atoms with Gasteiger partial charge >= 0.3 is 0 Å². The summed E-state index contributed by atoms with van der Waals surface area (Å²) in [6, 6.07) is 8.48. The van der Waals surface area contributed by atoms with E-state index in [2.05, 4.69) is 14.9 Å². The van der Waals surface area contributed by atoms with Gasteiger partial charge < -0.3 is 5.73 Å². The molecule has 4 N–H and O–H groups in total. The van der Waals surface area contributed by atoms with Gasteiger partial charge in [-0.2, -0.15) is 5.10 Å². The molecule has 0 aliphatic rings. The number of aromatic nitrogens is 2. The molecule has 0 radical (unpaired) electrons. The van der Waals surface area contributed by atoms with E-state index in [0.717, 1.165) is 12.1 Å². The fraction of sp³-hybridized carbons (Fsp3) is 0.250. The Morgan fingerprint density at radius 3 is 2.79 bits per heavy atom. The van der Waals surface area contributed by atoms with Gasteiger partial charge in [-0.25, -0.2) is 8.42 Å². The maximum atomic E-state index is 12.0. The molecule has 102 valence electrons. The standard InChI is InChI=1S/C12H16N4O2S/c1-2-11-7-12(15-14-11)16-19(17,18)8-9-4-3-5-10(13)6-9/h3-7H,2,8,13H2,1H3,(H2,14,15,16). The van der Waals surface area contributed by atoms with E-state index in [-0.39, 0.29) is 5.75 Å². The quantitative estimate of drug-likeness (QED) is 0.722. The van der Waals surface area contributed by atoms with Crippen LogP contribution in [-0.4, -0.2) is 18.6 Å². The third-order valence-corrected chi connectivity index (χ3v) is 3.81. The number of nitrogens with one attached hydrogen (secondary N) is 2. The molecule has 0 amide bonds. The first kappa shape index (κ1) is 13.4. The highest BCUT2D eigenvalue weighted by Gasteiger charge is 2.13. The SMILES string of the molecule is CCc1cc(NS(=O)(=O)Cc2cccc(N)c2)n[nH]1. The highest BCUT2D eigenvalue weighted by Crippen LogP contribution is 2.13. The Labute approximate surface area is 112 Å². The molecule has 6 nitrogen and oxygen atoms in total. The molecular weight excluding hydrogens is 264 g/mol. The van der Waals surface area contributed by atoms with Gasteiger partial charge in [-0.3, -0.25) is 9.82 Å². The molecule has 1 aromatic heterocycles. The van der Waals surface area contributed by atoms with Crippen molar-refractivity contribution in [2.75, 3.05) is 10.5 Å². The van der Waals surface area contributed by atoms with Crippen LogP contribution in [0, 0.1) is 0 Å². The summed E-state index contributed by atoms with van der Waals surface area (Å²) in [4.78, 5) is 0. The molecule has 0 fully saturated rings. The first-order valence-corrected chi connectivity index (χ1v) is 7.53. The monoisotopic (exact) mass is 280 g/mol. The Bertz CT molecular complexity index is 664. The van der Waals surface area contributed by atoms with Gasteiger partial charge in [0.15, 0.2) is 5.82 Å². The Balaban J connectivity index is 2.10. The number of anilines is 2. The van der Waals surface area contributed by atoms with Crippen molar-refractivity contribution in [3.8, 4) is 0 Å². The van der Waals surface area contributed by atoms with Gasteiger partial charge in [-0.15, -0.1) is 0 Å². The number of aryl methyl sites for hydroxylation is 1. The number of hydrogen-bond donors (Lipinski definition) is 3. The minimum absolute atomic E-state index is 0.133. The highest BCUT2D eigenvalue weighted by molar-refractivity contribution is 7.91. The van der Waals surface area contributed by atoms with E-state index in [1.165, 1.54) is 0 Å². The van der Waals surface area contributed by atoms with Crippen molar-refractivity contribution in [3.63, 3.8) is 0 Å². The zero-order valence-corrected chi connectivity index (χ0v) is 11.4. The zero-order chi connectivity index (χ0) is 13.9. The number of nitrogens with two attached hydrogens (primary N) is 1. The van der Waals surface area contributed by atoms with Gasteiger partial charge in [0.1, 0.15) is 0 Å². The van der Waals surface area contributed by atoms with Crippen molar-refractivity contribution in [1.82, 2.24) is 10.2 Å². The van der Waals surface area contributed by atoms with Crippen molar-refractivity contribution in [2.45, 2.75) is 19.1 Å². The lowest BCUT2D eigenvalue weighted by molar-refractivity contribution is 0.600. The number of rotatable bonds is 5. The number of sulfonamides is 1. The van der Waals surface area contributed by atoms with Gasteiger partial charge in [0.25, 0.3) is 0 Å². The van der Waals surface area contributed by atoms with Crippen LogP contribution >= 0.6 is 0 Å². The van der Waals surface area contributed by atoms with E-state index < -0.39 is 10.0 Å². The number of H-pyrrole nitrogens is 1. The maximum absolute atomic E-state index is 12.0. The van der Waals surface area contributed by atoms with Gasteiger partial charge in [-0.05, 0) is 24.1 Å². The number of benzene rings is 1. The van der Waals surface area contributed by atoms with Crippen LogP contribution in [0.5, 0.6) is 0 Å².